The van der Waals surface area contributed by atoms with E-state index in [1.165, 1.54) is 5.56 Å². The van der Waals surface area contributed by atoms with Gasteiger partial charge in [-0.15, -0.1) is 24.0 Å². The van der Waals surface area contributed by atoms with Gasteiger partial charge in [0, 0.05) is 51.6 Å². The summed E-state index contributed by atoms with van der Waals surface area (Å²) in [6, 6.07) is 12.5. The molecule has 1 aliphatic rings. The summed E-state index contributed by atoms with van der Waals surface area (Å²) in [5.74, 6) is 1.31. The Balaban J connectivity index is 0.00000280. The fourth-order valence-electron chi connectivity index (χ4n) is 3.55. The van der Waals surface area contributed by atoms with Gasteiger partial charge in [-0.1, -0.05) is 41.9 Å². The topological polar surface area (TPSA) is 41.8 Å². The first kappa shape index (κ1) is 23.0. The number of ether oxygens (including phenoxy) is 1. The number of nitrogens with zero attached hydrogens (tertiary/aromatic N) is 3. The average molecular weight is 517 g/mol. The van der Waals surface area contributed by atoms with Crippen molar-refractivity contribution in [2.24, 2.45) is 18.0 Å². The van der Waals surface area contributed by atoms with E-state index in [2.05, 4.69) is 53.0 Å². The van der Waals surface area contributed by atoms with Gasteiger partial charge in [0.25, 0.3) is 0 Å². The van der Waals surface area contributed by atoms with Crippen LogP contribution >= 0.6 is 35.6 Å². The average Bonchev–Trinajstić information content (AvgIpc) is 3.25. The summed E-state index contributed by atoms with van der Waals surface area (Å²) in [7, 11) is 4.07. The minimum Gasteiger partial charge on any atom is -0.373 e. The number of hydrogen-bond acceptors (Lipinski definition) is 2. The number of benzene rings is 1. The zero-order chi connectivity index (χ0) is 19.2. The minimum absolute atomic E-state index is 0. The summed E-state index contributed by atoms with van der Waals surface area (Å²) in [4.78, 5) is 7.05. The lowest BCUT2D eigenvalue weighted by atomic mass is 9.95. The van der Waals surface area contributed by atoms with E-state index in [0.717, 1.165) is 49.3 Å². The predicted octanol–water partition coefficient (Wildman–Crippen LogP) is 4.47. The molecule has 7 heteroatoms. The molecule has 1 aromatic heterocycles. The lowest BCUT2D eigenvalue weighted by Crippen LogP contribution is -2.39. The Labute approximate surface area is 190 Å². The van der Waals surface area contributed by atoms with Crippen LogP contribution < -0.4 is 5.32 Å². The highest BCUT2D eigenvalue weighted by Crippen LogP contribution is 2.34. The highest BCUT2D eigenvalue weighted by Gasteiger charge is 2.29. The quantitative estimate of drug-likeness (QED) is 0.350. The third-order valence-electron chi connectivity index (χ3n) is 4.99. The molecule has 3 rings (SSSR count). The molecule has 1 saturated heterocycles. The number of halogens is 2. The molecule has 0 spiro atoms. The molecular weight excluding hydrogens is 487 g/mol. The van der Waals surface area contributed by atoms with Crippen molar-refractivity contribution in [1.29, 1.82) is 0 Å². The third kappa shape index (κ3) is 5.87. The van der Waals surface area contributed by atoms with Gasteiger partial charge >= 0.3 is 0 Å². The monoisotopic (exact) mass is 516 g/mol. The first-order valence-electron chi connectivity index (χ1n) is 9.55. The molecule has 28 heavy (non-hydrogen) atoms. The van der Waals surface area contributed by atoms with E-state index >= 15 is 0 Å². The smallest absolute Gasteiger partial charge is 0.194 e. The van der Waals surface area contributed by atoms with Crippen LogP contribution in [-0.4, -0.2) is 42.2 Å². The zero-order valence-electron chi connectivity index (χ0n) is 16.8. The summed E-state index contributed by atoms with van der Waals surface area (Å²) < 4.78 is 8.05. The van der Waals surface area contributed by atoms with Crippen molar-refractivity contribution in [2.75, 3.05) is 26.7 Å². The van der Waals surface area contributed by atoms with Crippen LogP contribution in [0.1, 0.15) is 30.7 Å². The molecular formula is C21H30ClIN4O. The van der Waals surface area contributed by atoms with Gasteiger partial charge in [-0.3, -0.25) is 4.99 Å². The van der Waals surface area contributed by atoms with Crippen LogP contribution in [-0.2, 0) is 18.3 Å². The minimum atomic E-state index is 0. The molecule has 2 unspecified atom stereocenters. The fourth-order valence-corrected chi connectivity index (χ4v) is 3.82. The van der Waals surface area contributed by atoms with Gasteiger partial charge in [0.2, 0.25) is 0 Å². The molecule has 1 fully saturated rings. The molecule has 1 aromatic carbocycles. The van der Waals surface area contributed by atoms with Crippen LogP contribution in [0.2, 0.25) is 5.02 Å². The van der Waals surface area contributed by atoms with E-state index in [1.807, 2.05) is 25.4 Å². The summed E-state index contributed by atoms with van der Waals surface area (Å²) in [6.45, 7) is 5.22. The number of aliphatic imine (C=N–C) groups is 1. The Bertz CT molecular complexity index is 765. The summed E-state index contributed by atoms with van der Waals surface area (Å²) in [6.07, 6.45) is 3.10. The van der Waals surface area contributed by atoms with Crippen molar-refractivity contribution >= 4 is 41.5 Å². The Morgan fingerprint density at radius 1 is 1.36 bits per heavy atom. The van der Waals surface area contributed by atoms with Crippen molar-refractivity contribution in [1.82, 2.24) is 14.8 Å². The van der Waals surface area contributed by atoms with E-state index in [-0.39, 0.29) is 30.1 Å². The maximum Gasteiger partial charge on any atom is 0.194 e. The van der Waals surface area contributed by atoms with Gasteiger partial charge in [0.1, 0.15) is 0 Å². The van der Waals surface area contributed by atoms with Crippen LogP contribution in [0.5, 0.6) is 0 Å². The van der Waals surface area contributed by atoms with Gasteiger partial charge in [-0.25, -0.2) is 0 Å². The predicted molar refractivity (Wildman–Crippen MR) is 127 cm³/mol. The SMILES string of the molecule is CCNC(=NCC1CCOC1c1ccccc1)N(C)Cc1cc(Cl)cn1C.I. The van der Waals surface area contributed by atoms with Gasteiger partial charge < -0.3 is 19.5 Å². The first-order valence-corrected chi connectivity index (χ1v) is 9.93. The normalized spacial score (nSPS) is 19.4. The largest absolute Gasteiger partial charge is 0.373 e. The van der Waals surface area contributed by atoms with E-state index < -0.39 is 0 Å². The maximum atomic E-state index is 6.11. The molecule has 0 saturated carbocycles. The maximum absolute atomic E-state index is 6.11. The lowest BCUT2D eigenvalue weighted by molar-refractivity contribution is 0.0925. The summed E-state index contributed by atoms with van der Waals surface area (Å²) in [5, 5.41) is 4.16. The van der Waals surface area contributed by atoms with Gasteiger partial charge in [0.05, 0.1) is 17.7 Å². The van der Waals surface area contributed by atoms with Gasteiger partial charge in [0.15, 0.2) is 5.96 Å². The number of aromatic nitrogens is 1. The summed E-state index contributed by atoms with van der Waals surface area (Å²) >= 11 is 6.11. The van der Waals surface area contributed by atoms with Crippen LogP contribution in [0, 0.1) is 5.92 Å². The molecule has 0 radical (unpaired) electrons. The molecule has 2 atom stereocenters. The number of rotatable bonds is 6. The van der Waals surface area contributed by atoms with Gasteiger partial charge in [-0.2, -0.15) is 0 Å². The van der Waals surface area contributed by atoms with Crippen molar-refractivity contribution < 1.29 is 4.74 Å². The van der Waals surface area contributed by atoms with Gasteiger partial charge in [-0.05, 0) is 25.0 Å². The standard InChI is InChI=1S/C21H29ClN4O.HI/c1-4-23-21(26(3)15-19-12-18(22)14-25(19)2)24-13-17-10-11-27-20(17)16-8-6-5-7-9-16;/h5-9,12,14,17,20H,4,10-11,13,15H2,1-3H3,(H,23,24);1H. The summed E-state index contributed by atoms with van der Waals surface area (Å²) in [5.41, 5.74) is 2.39. The van der Waals surface area contributed by atoms with Crippen LogP contribution in [0.3, 0.4) is 0 Å². The van der Waals surface area contributed by atoms with Crippen LogP contribution in [0.25, 0.3) is 0 Å². The Kier molecular flexibility index (Phi) is 9.11. The number of nitrogens with one attached hydrogen (secondary N) is 1. The second-order valence-corrected chi connectivity index (χ2v) is 7.50. The van der Waals surface area contributed by atoms with Crippen molar-refractivity contribution in [3.8, 4) is 0 Å². The molecule has 5 nitrogen and oxygen atoms in total. The molecule has 0 bridgehead atoms. The van der Waals surface area contributed by atoms with E-state index in [4.69, 9.17) is 21.3 Å². The molecule has 2 heterocycles. The Morgan fingerprint density at radius 3 is 2.75 bits per heavy atom. The van der Waals surface area contributed by atoms with E-state index in [9.17, 15) is 0 Å². The molecule has 1 N–H and O–H groups in total. The van der Waals surface area contributed by atoms with E-state index in [0.29, 0.717) is 5.92 Å². The third-order valence-corrected chi connectivity index (χ3v) is 5.19. The number of hydrogen-bond donors (Lipinski definition) is 1. The molecule has 0 amide bonds. The molecule has 154 valence electrons. The highest BCUT2D eigenvalue weighted by molar-refractivity contribution is 14.0. The number of guanidine groups is 1. The Morgan fingerprint density at radius 2 is 2.11 bits per heavy atom. The van der Waals surface area contributed by atoms with Crippen LogP contribution in [0.15, 0.2) is 47.6 Å². The highest BCUT2D eigenvalue weighted by atomic mass is 127. The zero-order valence-corrected chi connectivity index (χ0v) is 19.9. The lowest BCUT2D eigenvalue weighted by Gasteiger charge is -2.23. The second kappa shape index (κ2) is 11.1. The van der Waals surface area contributed by atoms with E-state index in [1.54, 1.807) is 0 Å². The molecule has 1 aliphatic heterocycles. The first-order chi connectivity index (χ1) is 13.1. The van der Waals surface area contributed by atoms with Crippen LogP contribution in [0.4, 0.5) is 0 Å². The molecule has 2 aromatic rings. The van der Waals surface area contributed by atoms with Crippen molar-refractivity contribution in [3.63, 3.8) is 0 Å². The molecule has 0 aliphatic carbocycles. The number of aryl methyl sites for hydroxylation is 1. The fraction of sp³-hybridized carbons (Fsp3) is 0.476. The van der Waals surface area contributed by atoms with Crippen molar-refractivity contribution in [2.45, 2.75) is 26.0 Å². The van der Waals surface area contributed by atoms with Crippen molar-refractivity contribution in [3.05, 3.63) is 58.9 Å². The second-order valence-electron chi connectivity index (χ2n) is 7.06. The Hall–Kier alpha value is -1.25.